The Morgan fingerprint density at radius 2 is 1.81 bits per heavy atom. The van der Waals surface area contributed by atoms with Crippen LogP contribution in [0.1, 0.15) is 0 Å². The van der Waals surface area contributed by atoms with Crippen LogP contribution in [0, 0.1) is 11.6 Å². The lowest BCUT2D eigenvalue weighted by Crippen LogP contribution is -2.26. The van der Waals surface area contributed by atoms with Crippen LogP contribution >= 0.6 is 0 Å². The van der Waals surface area contributed by atoms with Crippen molar-refractivity contribution in [1.82, 2.24) is 4.72 Å². The van der Waals surface area contributed by atoms with Crippen LogP contribution in [-0.2, 0) is 10.0 Å². The van der Waals surface area contributed by atoms with Crippen molar-refractivity contribution in [3.05, 3.63) is 29.8 Å². The average molecular weight is 251 g/mol. The van der Waals surface area contributed by atoms with E-state index < -0.39 is 21.7 Å². The van der Waals surface area contributed by atoms with Gasteiger partial charge in [0.2, 0.25) is 10.0 Å². The monoisotopic (exact) mass is 251 g/mol. The molecule has 1 aromatic rings. The second-order valence-electron chi connectivity index (χ2n) is 3.12. The van der Waals surface area contributed by atoms with Crippen molar-refractivity contribution < 1.29 is 21.9 Å². The lowest BCUT2D eigenvalue weighted by atomic mass is 10.3. The largest absolute Gasteiger partial charge is 0.492 e. The molecule has 0 saturated carbocycles. The SMILES string of the molecule is CS(=O)(=O)NCCOc1cc(F)cc(F)c1. The third-order valence-electron chi connectivity index (χ3n) is 1.57. The summed E-state index contributed by atoms with van der Waals surface area (Å²) in [5, 5.41) is 0. The summed E-state index contributed by atoms with van der Waals surface area (Å²) in [6.45, 7) is 0.0347. The Hall–Kier alpha value is -1.21. The van der Waals surface area contributed by atoms with Crippen molar-refractivity contribution in [3.63, 3.8) is 0 Å². The third kappa shape index (κ3) is 5.04. The van der Waals surface area contributed by atoms with Gasteiger partial charge in [-0.05, 0) is 0 Å². The van der Waals surface area contributed by atoms with Gasteiger partial charge in [0.15, 0.2) is 0 Å². The summed E-state index contributed by atoms with van der Waals surface area (Å²) in [7, 11) is -3.27. The van der Waals surface area contributed by atoms with Crippen molar-refractivity contribution in [2.24, 2.45) is 0 Å². The molecule has 1 N–H and O–H groups in total. The molecule has 0 spiro atoms. The summed E-state index contributed by atoms with van der Waals surface area (Å²) in [4.78, 5) is 0. The van der Waals surface area contributed by atoms with Crippen molar-refractivity contribution in [1.29, 1.82) is 0 Å². The predicted octanol–water partition coefficient (Wildman–Crippen LogP) is 0.893. The van der Waals surface area contributed by atoms with E-state index in [9.17, 15) is 17.2 Å². The highest BCUT2D eigenvalue weighted by Gasteiger charge is 2.02. The van der Waals surface area contributed by atoms with Gasteiger partial charge in [-0.25, -0.2) is 21.9 Å². The molecule has 0 aliphatic carbocycles. The molecule has 7 heteroatoms. The van der Waals surface area contributed by atoms with Gasteiger partial charge in [0.05, 0.1) is 6.26 Å². The molecule has 90 valence electrons. The van der Waals surface area contributed by atoms with Crippen molar-refractivity contribution in [3.8, 4) is 5.75 Å². The normalized spacial score (nSPS) is 11.4. The number of rotatable bonds is 5. The quantitative estimate of drug-likeness (QED) is 0.791. The molecule has 0 unspecified atom stereocenters. The Morgan fingerprint density at radius 1 is 1.25 bits per heavy atom. The summed E-state index contributed by atoms with van der Waals surface area (Å²) >= 11 is 0. The number of halogens is 2. The first-order valence-electron chi connectivity index (χ1n) is 4.40. The minimum Gasteiger partial charge on any atom is -0.492 e. The minimum atomic E-state index is -3.27. The smallest absolute Gasteiger partial charge is 0.208 e. The van der Waals surface area contributed by atoms with Gasteiger partial charge in [-0.2, -0.15) is 0 Å². The summed E-state index contributed by atoms with van der Waals surface area (Å²) in [5.41, 5.74) is 0. The molecule has 0 heterocycles. The van der Waals surface area contributed by atoms with E-state index in [0.717, 1.165) is 24.5 Å². The molecule has 0 radical (unpaired) electrons. The summed E-state index contributed by atoms with van der Waals surface area (Å²) in [5.74, 6) is -1.47. The lowest BCUT2D eigenvalue weighted by Gasteiger charge is -2.06. The Kier molecular flexibility index (Phi) is 4.19. The Balaban J connectivity index is 2.43. The number of hydrogen-bond donors (Lipinski definition) is 1. The maximum atomic E-state index is 12.7. The zero-order chi connectivity index (χ0) is 12.2. The highest BCUT2D eigenvalue weighted by molar-refractivity contribution is 7.88. The third-order valence-corrected chi connectivity index (χ3v) is 2.30. The number of hydrogen-bond acceptors (Lipinski definition) is 3. The van der Waals surface area contributed by atoms with Crippen molar-refractivity contribution in [2.75, 3.05) is 19.4 Å². The molecule has 0 aliphatic rings. The molecule has 0 amide bonds. The molecule has 0 fully saturated rings. The number of sulfonamides is 1. The molecule has 4 nitrogen and oxygen atoms in total. The average Bonchev–Trinajstić information content (AvgIpc) is 2.09. The summed E-state index contributed by atoms with van der Waals surface area (Å²) < 4.78 is 53.9. The van der Waals surface area contributed by atoms with E-state index in [-0.39, 0.29) is 18.9 Å². The second kappa shape index (κ2) is 5.22. The van der Waals surface area contributed by atoms with E-state index in [1.54, 1.807) is 0 Å². The molecular weight excluding hydrogens is 240 g/mol. The molecule has 0 aliphatic heterocycles. The first-order valence-corrected chi connectivity index (χ1v) is 6.29. The second-order valence-corrected chi connectivity index (χ2v) is 4.95. The van der Waals surface area contributed by atoms with Crippen molar-refractivity contribution in [2.45, 2.75) is 0 Å². The summed E-state index contributed by atoms with van der Waals surface area (Å²) in [6.07, 6.45) is 1.01. The van der Waals surface area contributed by atoms with Crippen LogP contribution in [0.5, 0.6) is 5.75 Å². The van der Waals surface area contributed by atoms with Crippen molar-refractivity contribution >= 4 is 10.0 Å². The molecule has 1 aromatic carbocycles. The standard InChI is InChI=1S/C9H11F2NO3S/c1-16(13,14)12-2-3-15-9-5-7(10)4-8(11)6-9/h4-6,12H,2-3H2,1H3. The zero-order valence-electron chi connectivity index (χ0n) is 8.54. The van der Waals surface area contributed by atoms with Gasteiger partial charge in [-0.3, -0.25) is 0 Å². The van der Waals surface area contributed by atoms with E-state index in [4.69, 9.17) is 4.74 Å². The maximum absolute atomic E-state index is 12.7. The van der Waals surface area contributed by atoms with Crippen LogP contribution in [0.3, 0.4) is 0 Å². The molecule has 16 heavy (non-hydrogen) atoms. The van der Waals surface area contributed by atoms with E-state index in [0.29, 0.717) is 0 Å². The van der Waals surface area contributed by atoms with Crippen LogP contribution < -0.4 is 9.46 Å². The topological polar surface area (TPSA) is 55.4 Å². The van der Waals surface area contributed by atoms with E-state index in [2.05, 4.69) is 4.72 Å². The fourth-order valence-corrected chi connectivity index (χ4v) is 1.46. The Labute approximate surface area is 92.3 Å². The zero-order valence-corrected chi connectivity index (χ0v) is 9.35. The van der Waals surface area contributed by atoms with Gasteiger partial charge >= 0.3 is 0 Å². The minimum absolute atomic E-state index is 0.00400. The van der Waals surface area contributed by atoms with Gasteiger partial charge in [0.1, 0.15) is 24.0 Å². The molecule has 0 atom stereocenters. The van der Waals surface area contributed by atoms with Crippen LogP contribution in [0.15, 0.2) is 18.2 Å². The lowest BCUT2D eigenvalue weighted by molar-refractivity contribution is 0.319. The molecule has 0 saturated heterocycles. The first kappa shape index (κ1) is 12.9. The summed E-state index contributed by atoms with van der Waals surface area (Å²) in [6, 6.07) is 2.76. The van der Waals surface area contributed by atoms with Crippen LogP contribution in [-0.4, -0.2) is 27.8 Å². The highest BCUT2D eigenvalue weighted by Crippen LogP contribution is 2.14. The van der Waals surface area contributed by atoms with E-state index in [1.807, 2.05) is 0 Å². The van der Waals surface area contributed by atoms with E-state index >= 15 is 0 Å². The van der Waals surface area contributed by atoms with Crippen LogP contribution in [0.2, 0.25) is 0 Å². The van der Waals surface area contributed by atoms with Crippen LogP contribution in [0.4, 0.5) is 8.78 Å². The molecular formula is C9H11F2NO3S. The molecule has 0 aromatic heterocycles. The predicted molar refractivity (Wildman–Crippen MR) is 54.7 cm³/mol. The van der Waals surface area contributed by atoms with Gasteiger partial charge in [0.25, 0.3) is 0 Å². The number of ether oxygens (including phenoxy) is 1. The van der Waals surface area contributed by atoms with Gasteiger partial charge in [-0.15, -0.1) is 0 Å². The maximum Gasteiger partial charge on any atom is 0.208 e. The van der Waals surface area contributed by atoms with Gasteiger partial charge in [0, 0.05) is 24.7 Å². The van der Waals surface area contributed by atoms with E-state index in [1.165, 1.54) is 0 Å². The fourth-order valence-electron chi connectivity index (χ4n) is 1.01. The molecule has 0 bridgehead atoms. The number of benzene rings is 1. The number of nitrogens with one attached hydrogen (secondary N) is 1. The van der Waals surface area contributed by atoms with Crippen LogP contribution in [0.25, 0.3) is 0 Å². The van der Waals surface area contributed by atoms with Gasteiger partial charge < -0.3 is 4.74 Å². The molecule has 1 rings (SSSR count). The fraction of sp³-hybridized carbons (Fsp3) is 0.333. The Bertz CT molecular complexity index is 442. The Morgan fingerprint density at radius 3 is 2.31 bits per heavy atom. The van der Waals surface area contributed by atoms with Gasteiger partial charge in [-0.1, -0.05) is 0 Å². The first-order chi connectivity index (χ1) is 7.37. The highest BCUT2D eigenvalue weighted by atomic mass is 32.2.